The number of likely N-dealkylation sites (N-methyl/N-ethyl adjacent to an activating group) is 1. The Balaban J connectivity index is 1.79. The Hall–Kier alpha value is -3.96. The van der Waals surface area contributed by atoms with Crippen LogP contribution in [0.3, 0.4) is 0 Å². The number of nitro groups is 1. The molecule has 0 aliphatic carbocycles. The molecule has 12 heteroatoms. The fraction of sp³-hybridized carbons (Fsp3) is 0.346. The van der Waals surface area contributed by atoms with Gasteiger partial charge in [0.2, 0.25) is 17.6 Å². The lowest BCUT2D eigenvalue weighted by atomic mass is 10.1. The lowest BCUT2D eigenvalue weighted by molar-refractivity contribution is -0.384. The topological polar surface area (TPSA) is 123 Å². The molecule has 0 amide bonds. The number of hydrogen-bond acceptors (Lipinski definition) is 9. The van der Waals surface area contributed by atoms with E-state index in [1.165, 1.54) is 6.20 Å². The Labute approximate surface area is 226 Å². The van der Waals surface area contributed by atoms with Gasteiger partial charge in [0.1, 0.15) is 5.69 Å². The molecule has 2 N–H and O–H groups in total. The Morgan fingerprint density at radius 1 is 1.24 bits per heavy atom. The van der Waals surface area contributed by atoms with Crippen LogP contribution in [0, 0.1) is 17.0 Å². The first-order valence-corrected chi connectivity index (χ1v) is 12.5. The summed E-state index contributed by atoms with van der Waals surface area (Å²) in [5.74, 6) is 0.559. The van der Waals surface area contributed by atoms with Gasteiger partial charge in [0, 0.05) is 42.8 Å². The van der Waals surface area contributed by atoms with E-state index in [4.69, 9.17) is 16.3 Å². The highest BCUT2D eigenvalue weighted by atomic mass is 35.5. The first kappa shape index (κ1) is 27.1. The molecule has 200 valence electrons. The molecule has 4 rings (SSSR count). The van der Waals surface area contributed by atoms with Crippen molar-refractivity contribution in [3.05, 3.63) is 57.4 Å². The normalized spacial score (nSPS) is 11.4. The van der Waals surface area contributed by atoms with E-state index >= 15 is 0 Å². The minimum Gasteiger partial charge on any atom is -0.473 e. The zero-order valence-corrected chi connectivity index (χ0v) is 23.0. The van der Waals surface area contributed by atoms with Gasteiger partial charge in [-0.05, 0) is 40.9 Å². The third-order valence-corrected chi connectivity index (χ3v) is 6.17. The SMILES string of the molecule is Cc1c(Nc2ncc(Cl)c(-c3cn(C)c4ccccc34)n2)c(OC(C)C)nc(NCCN(C)C)c1[N+](=O)[O-]. The third kappa shape index (κ3) is 5.63. The smallest absolute Gasteiger partial charge is 0.316 e. The van der Waals surface area contributed by atoms with E-state index in [2.05, 4.69) is 25.6 Å². The van der Waals surface area contributed by atoms with Crippen LogP contribution in [0.25, 0.3) is 22.2 Å². The number of anilines is 3. The van der Waals surface area contributed by atoms with Crippen molar-refractivity contribution in [3.63, 3.8) is 0 Å². The van der Waals surface area contributed by atoms with Gasteiger partial charge < -0.3 is 24.8 Å². The van der Waals surface area contributed by atoms with Crippen molar-refractivity contribution in [2.75, 3.05) is 37.8 Å². The van der Waals surface area contributed by atoms with Gasteiger partial charge in [0.15, 0.2) is 0 Å². The maximum Gasteiger partial charge on any atom is 0.316 e. The summed E-state index contributed by atoms with van der Waals surface area (Å²) in [5, 5.41) is 19.7. The Bertz CT molecular complexity index is 1490. The van der Waals surface area contributed by atoms with Gasteiger partial charge in [-0.25, -0.2) is 9.97 Å². The number of aromatic nitrogens is 4. The molecule has 0 radical (unpaired) electrons. The van der Waals surface area contributed by atoms with Crippen molar-refractivity contribution >= 4 is 45.6 Å². The second-order valence-corrected chi connectivity index (χ2v) is 9.86. The van der Waals surface area contributed by atoms with E-state index in [0.717, 1.165) is 16.5 Å². The van der Waals surface area contributed by atoms with Crippen LogP contribution in [0.15, 0.2) is 36.7 Å². The molecule has 3 aromatic heterocycles. The summed E-state index contributed by atoms with van der Waals surface area (Å²) in [4.78, 5) is 27.1. The first-order chi connectivity index (χ1) is 18.1. The molecule has 3 heterocycles. The summed E-state index contributed by atoms with van der Waals surface area (Å²) >= 11 is 6.53. The lowest BCUT2D eigenvalue weighted by Crippen LogP contribution is -2.22. The van der Waals surface area contributed by atoms with E-state index < -0.39 is 4.92 Å². The molecule has 0 aliphatic heterocycles. The van der Waals surface area contributed by atoms with Crippen molar-refractivity contribution in [2.24, 2.45) is 7.05 Å². The third-order valence-electron chi connectivity index (χ3n) is 5.90. The number of benzene rings is 1. The molecule has 4 aromatic rings. The van der Waals surface area contributed by atoms with E-state index in [-0.39, 0.29) is 29.4 Å². The van der Waals surface area contributed by atoms with Crippen LogP contribution < -0.4 is 15.4 Å². The minimum atomic E-state index is -0.449. The molecule has 0 saturated heterocycles. The van der Waals surface area contributed by atoms with E-state index in [0.29, 0.717) is 35.1 Å². The number of halogens is 1. The zero-order valence-electron chi connectivity index (χ0n) is 22.2. The molecular formula is C26H31ClN8O3. The monoisotopic (exact) mass is 538 g/mol. The molecule has 0 saturated carbocycles. The van der Waals surface area contributed by atoms with Crippen LogP contribution in [-0.4, -0.2) is 62.6 Å². The molecule has 0 unspecified atom stereocenters. The van der Waals surface area contributed by atoms with Gasteiger partial charge in [0.05, 0.1) is 33.5 Å². The van der Waals surface area contributed by atoms with Crippen molar-refractivity contribution in [3.8, 4) is 17.1 Å². The van der Waals surface area contributed by atoms with Gasteiger partial charge in [-0.15, -0.1) is 0 Å². The fourth-order valence-electron chi connectivity index (χ4n) is 4.13. The maximum atomic E-state index is 12.1. The minimum absolute atomic E-state index is 0.143. The fourth-order valence-corrected chi connectivity index (χ4v) is 4.32. The summed E-state index contributed by atoms with van der Waals surface area (Å²) in [6, 6.07) is 7.95. The number of para-hydroxylation sites is 1. The van der Waals surface area contributed by atoms with Crippen molar-refractivity contribution in [1.82, 2.24) is 24.4 Å². The Morgan fingerprint density at radius 2 is 1.97 bits per heavy atom. The van der Waals surface area contributed by atoms with Crippen LogP contribution in [0.2, 0.25) is 5.02 Å². The number of fused-ring (bicyclic) bond motifs is 1. The van der Waals surface area contributed by atoms with Gasteiger partial charge in [-0.3, -0.25) is 10.1 Å². The van der Waals surface area contributed by atoms with Crippen LogP contribution >= 0.6 is 11.6 Å². The van der Waals surface area contributed by atoms with E-state index in [1.807, 2.05) is 74.9 Å². The highest BCUT2D eigenvalue weighted by Gasteiger charge is 2.27. The van der Waals surface area contributed by atoms with Crippen LogP contribution in [-0.2, 0) is 7.05 Å². The predicted molar refractivity (Wildman–Crippen MR) is 151 cm³/mol. The maximum absolute atomic E-state index is 12.1. The predicted octanol–water partition coefficient (Wildman–Crippen LogP) is 5.40. The Morgan fingerprint density at radius 3 is 2.66 bits per heavy atom. The molecule has 1 aromatic carbocycles. The molecule has 0 atom stereocenters. The van der Waals surface area contributed by atoms with Crippen LogP contribution in [0.1, 0.15) is 19.4 Å². The average molecular weight is 539 g/mol. The molecule has 0 spiro atoms. The van der Waals surface area contributed by atoms with Gasteiger partial charge >= 0.3 is 5.69 Å². The van der Waals surface area contributed by atoms with Gasteiger partial charge in [-0.1, -0.05) is 29.8 Å². The van der Waals surface area contributed by atoms with Crippen molar-refractivity contribution < 1.29 is 9.66 Å². The number of nitrogens with one attached hydrogen (secondary N) is 2. The zero-order chi connectivity index (χ0) is 27.6. The molecule has 0 bridgehead atoms. The lowest BCUT2D eigenvalue weighted by Gasteiger charge is -2.19. The number of nitrogens with zero attached hydrogens (tertiary/aromatic N) is 6. The summed E-state index contributed by atoms with van der Waals surface area (Å²) in [7, 11) is 5.80. The van der Waals surface area contributed by atoms with Crippen LogP contribution in [0.5, 0.6) is 5.88 Å². The Kier molecular flexibility index (Phi) is 7.98. The summed E-state index contributed by atoms with van der Waals surface area (Å²) in [5.41, 5.74) is 2.93. The van der Waals surface area contributed by atoms with Crippen LogP contribution in [0.4, 0.5) is 23.1 Å². The molecule has 38 heavy (non-hydrogen) atoms. The largest absolute Gasteiger partial charge is 0.473 e. The van der Waals surface area contributed by atoms with Gasteiger partial charge in [0.25, 0.3) is 0 Å². The summed E-state index contributed by atoms with van der Waals surface area (Å²) in [6.45, 7) is 6.52. The molecule has 0 aliphatic rings. The van der Waals surface area contributed by atoms with E-state index in [9.17, 15) is 10.1 Å². The second-order valence-electron chi connectivity index (χ2n) is 9.45. The number of hydrogen-bond donors (Lipinski definition) is 2. The quantitative estimate of drug-likeness (QED) is 0.201. The van der Waals surface area contributed by atoms with Gasteiger partial charge in [-0.2, -0.15) is 4.98 Å². The highest BCUT2D eigenvalue weighted by Crippen LogP contribution is 2.40. The number of aryl methyl sites for hydroxylation is 1. The first-order valence-electron chi connectivity index (χ1n) is 12.1. The highest BCUT2D eigenvalue weighted by molar-refractivity contribution is 6.33. The number of pyridine rings is 1. The number of rotatable bonds is 10. The molecule has 0 fully saturated rings. The van der Waals surface area contributed by atoms with E-state index in [1.54, 1.807) is 6.92 Å². The summed E-state index contributed by atoms with van der Waals surface area (Å²) < 4.78 is 7.97. The second kappa shape index (κ2) is 11.2. The molecule has 11 nitrogen and oxygen atoms in total. The van der Waals surface area contributed by atoms with Crippen molar-refractivity contribution in [1.29, 1.82) is 0 Å². The molecular weight excluding hydrogens is 508 g/mol. The number of ether oxygens (including phenoxy) is 1. The van der Waals surface area contributed by atoms with Crippen molar-refractivity contribution in [2.45, 2.75) is 26.9 Å². The standard InChI is InChI=1S/C26H31ClN8O3/c1-15(2)38-25-21(16(3)23(35(36)37)24(32-25)28-11-12-33(4)5)30-26-29-13-19(27)22(31-26)18-14-34(6)20-10-8-7-9-17(18)20/h7-10,13-15H,11-12H2,1-6H3,(H,28,32)(H,29,30,31). The average Bonchev–Trinajstić information content (AvgIpc) is 3.18. The summed E-state index contributed by atoms with van der Waals surface area (Å²) in [6.07, 6.45) is 3.24.